The average molecular weight is 434 g/mol. The number of carbonyl (C=O) groups is 1. The zero-order valence-corrected chi connectivity index (χ0v) is 20.0. The Labute approximate surface area is 194 Å². The normalized spacial score (nSPS) is 22.8. The Morgan fingerprint density at radius 3 is 2.28 bits per heavy atom. The molecule has 2 fully saturated rings. The smallest absolute Gasteiger partial charge is 0.227 e. The first-order valence-electron chi connectivity index (χ1n) is 12.4. The number of likely N-dealkylation sites (N-methyl/N-ethyl adjacent to an activating group) is 1. The van der Waals surface area contributed by atoms with E-state index in [2.05, 4.69) is 78.5 Å². The van der Waals surface area contributed by atoms with E-state index in [4.69, 9.17) is 0 Å². The molecular weight excluding hydrogens is 394 g/mol. The van der Waals surface area contributed by atoms with Gasteiger partial charge in [-0.25, -0.2) is 0 Å². The minimum atomic E-state index is 0.120. The molecule has 0 aromatic heterocycles. The molecule has 1 aliphatic carbocycles. The average Bonchev–Trinajstić information content (AvgIpc) is 2.82. The summed E-state index contributed by atoms with van der Waals surface area (Å²) < 4.78 is 0. The summed E-state index contributed by atoms with van der Waals surface area (Å²) in [5, 5.41) is 3.23. The fourth-order valence-corrected chi connectivity index (χ4v) is 5.75. The van der Waals surface area contributed by atoms with Crippen LogP contribution in [0.5, 0.6) is 0 Å². The molecule has 2 atom stereocenters. The summed E-state index contributed by atoms with van der Waals surface area (Å²) in [6.45, 7) is 7.22. The Kier molecular flexibility index (Phi) is 7.64. The van der Waals surface area contributed by atoms with Crippen LogP contribution in [0.4, 0.5) is 5.69 Å². The van der Waals surface area contributed by atoms with Gasteiger partial charge in [0.2, 0.25) is 5.91 Å². The quantitative estimate of drug-likeness (QED) is 0.663. The zero-order chi connectivity index (χ0) is 22.5. The van der Waals surface area contributed by atoms with Crippen LogP contribution in [0.25, 0.3) is 0 Å². The van der Waals surface area contributed by atoms with Crippen molar-refractivity contribution in [2.24, 2.45) is 5.92 Å². The van der Waals surface area contributed by atoms with Crippen LogP contribution in [0.15, 0.2) is 48.5 Å². The molecule has 1 saturated carbocycles. The van der Waals surface area contributed by atoms with Gasteiger partial charge >= 0.3 is 0 Å². The highest BCUT2D eigenvalue weighted by atomic mass is 16.1. The van der Waals surface area contributed by atoms with Crippen LogP contribution in [0.3, 0.4) is 0 Å². The maximum absolute atomic E-state index is 13.0. The number of carbonyl (C=O) groups excluding carboxylic acids is 1. The lowest BCUT2D eigenvalue weighted by atomic mass is 9.85. The Morgan fingerprint density at radius 1 is 0.938 bits per heavy atom. The standard InChI is InChI=1S/C28H39N3O/c1-21-10-9-11-22(2)27(21)29-28(32)24-16-18-31(19-17-24)26-15-8-7-14-25(26)30(3)20-23-12-5-4-6-13-23/h4-6,9-13,24-26H,7-8,14-20H2,1-3H3,(H,29,32). The van der Waals surface area contributed by atoms with Crippen molar-refractivity contribution in [1.29, 1.82) is 0 Å². The van der Waals surface area contributed by atoms with E-state index in [0.29, 0.717) is 12.1 Å². The van der Waals surface area contributed by atoms with Crippen LogP contribution in [0.2, 0.25) is 0 Å². The lowest BCUT2D eigenvalue weighted by molar-refractivity contribution is -0.121. The molecule has 32 heavy (non-hydrogen) atoms. The SMILES string of the molecule is Cc1cccc(C)c1NC(=O)C1CCN(C2CCCCC2N(C)Cc2ccccc2)CC1. The predicted molar refractivity (Wildman–Crippen MR) is 133 cm³/mol. The monoisotopic (exact) mass is 433 g/mol. The molecule has 4 heteroatoms. The molecule has 0 radical (unpaired) electrons. The molecule has 2 aromatic carbocycles. The van der Waals surface area contributed by atoms with Crippen molar-refractivity contribution in [1.82, 2.24) is 9.80 Å². The minimum Gasteiger partial charge on any atom is -0.325 e. The van der Waals surface area contributed by atoms with Crippen molar-refractivity contribution < 1.29 is 4.79 Å². The van der Waals surface area contributed by atoms with Crippen LogP contribution in [0.1, 0.15) is 55.2 Å². The number of rotatable bonds is 6. The Hall–Kier alpha value is -2.17. The third kappa shape index (κ3) is 5.41. The molecular formula is C28H39N3O. The number of nitrogens with zero attached hydrogens (tertiary/aromatic N) is 2. The molecule has 0 bridgehead atoms. The number of nitrogens with one attached hydrogen (secondary N) is 1. The van der Waals surface area contributed by atoms with Crippen molar-refractivity contribution in [3.05, 3.63) is 65.2 Å². The number of benzene rings is 2. The lowest BCUT2D eigenvalue weighted by Crippen LogP contribution is -2.54. The molecule has 4 nitrogen and oxygen atoms in total. The van der Waals surface area contributed by atoms with Crippen LogP contribution < -0.4 is 5.32 Å². The number of hydrogen-bond acceptors (Lipinski definition) is 3. The molecule has 2 unspecified atom stereocenters. The van der Waals surface area contributed by atoms with Gasteiger partial charge in [0.15, 0.2) is 0 Å². The zero-order valence-electron chi connectivity index (χ0n) is 20.0. The van der Waals surface area contributed by atoms with Gasteiger partial charge in [0.1, 0.15) is 0 Å². The van der Waals surface area contributed by atoms with Crippen molar-refractivity contribution in [2.75, 3.05) is 25.5 Å². The van der Waals surface area contributed by atoms with Crippen LogP contribution in [-0.4, -0.2) is 47.9 Å². The van der Waals surface area contributed by atoms with Gasteiger partial charge in [-0.15, -0.1) is 0 Å². The maximum atomic E-state index is 13.0. The van der Waals surface area contributed by atoms with Gasteiger partial charge < -0.3 is 5.32 Å². The summed E-state index contributed by atoms with van der Waals surface area (Å²) in [5.74, 6) is 0.317. The Balaban J connectivity index is 1.34. The highest BCUT2D eigenvalue weighted by molar-refractivity contribution is 5.94. The van der Waals surface area contributed by atoms with Crippen LogP contribution in [0, 0.1) is 19.8 Å². The molecule has 1 amide bonds. The first-order valence-corrected chi connectivity index (χ1v) is 12.4. The maximum Gasteiger partial charge on any atom is 0.227 e. The molecule has 2 aliphatic rings. The van der Waals surface area contributed by atoms with Crippen LogP contribution >= 0.6 is 0 Å². The molecule has 1 aliphatic heterocycles. The first-order chi connectivity index (χ1) is 15.5. The van der Waals surface area contributed by atoms with Gasteiger partial charge in [-0.05, 0) is 76.4 Å². The fourth-order valence-electron chi connectivity index (χ4n) is 5.75. The third-order valence-corrected chi connectivity index (χ3v) is 7.63. The highest BCUT2D eigenvalue weighted by Gasteiger charge is 2.35. The number of anilines is 1. The number of hydrogen-bond donors (Lipinski definition) is 1. The molecule has 4 rings (SSSR count). The summed E-state index contributed by atoms with van der Waals surface area (Å²) in [6.07, 6.45) is 7.14. The van der Waals surface area contributed by atoms with Crippen molar-refractivity contribution in [3.8, 4) is 0 Å². The van der Waals surface area contributed by atoms with Gasteiger partial charge in [-0.3, -0.25) is 14.6 Å². The second kappa shape index (κ2) is 10.6. The molecule has 1 N–H and O–H groups in total. The van der Waals surface area contributed by atoms with E-state index in [-0.39, 0.29) is 11.8 Å². The number of aryl methyl sites for hydroxylation is 2. The predicted octanol–water partition coefficient (Wildman–Crippen LogP) is 5.40. The van der Waals surface area contributed by atoms with Crippen molar-refractivity contribution in [3.63, 3.8) is 0 Å². The molecule has 1 saturated heterocycles. The minimum absolute atomic E-state index is 0.120. The lowest BCUT2D eigenvalue weighted by Gasteiger charge is -2.46. The molecule has 2 aromatic rings. The molecule has 0 spiro atoms. The van der Waals surface area contributed by atoms with Gasteiger partial charge in [-0.2, -0.15) is 0 Å². The number of likely N-dealkylation sites (tertiary alicyclic amines) is 1. The van der Waals surface area contributed by atoms with E-state index in [0.717, 1.165) is 49.3 Å². The van der Waals surface area contributed by atoms with E-state index in [1.807, 2.05) is 6.07 Å². The summed E-state index contributed by atoms with van der Waals surface area (Å²) in [6, 6.07) is 18.2. The van der Waals surface area contributed by atoms with Crippen molar-refractivity contribution >= 4 is 11.6 Å². The second-order valence-corrected chi connectivity index (χ2v) is 9.89. The molecule has 172 valence electrons. The molecule has 1 heterocycles. The summed E-state index contributed by atoms with van der Waals surface area (Å²) in [4.78, 5) is 18.2. The second-order valence-electron chi connectivity index (χ2n) is 9.89. The largest absolute Gasteiger partial charge is 0.325 e. The van der Waals surface area contributed by atoms with Crippen molar-refractivity contribution in [2.45, 2.75) is 71.0 Å². The fraction of sp³-hybridized carbons (Fsp3) is 0.536. The highest BCUT2D eigenvalue weighted by Crippen LogP contribution is 2.31. The number of para-hydroxylation sites is 1. The number of amides is 1. The Morgan fingerprint density at radius 2 is 1.59 bits per heavy atom. The van der Waals surface area contributed by atoms with Crippen LogP contribution in [-0.2, 0) is 11.3 Å². The third-order valence-electron chi connectivity index (χ3n) is 7.63. The Bertz CT molecular complexity index is 869. The van der Waals surface area contributed by atoms with Gasteiger partial charge in [-0.1, -0.05) is 61.4 Å². The number of piperidine rings is 1. The summed E-state index contributed by atoms with van der Waals surface area (Å²) >= 11 is 0. The van der Waals surface area contributed by atoms with E-state index in [1.54, 1.807) is 0 Å². The van der Waals surface area contributed by atoms with E-state index >= 15 is 0 Å². The van der Waals surface area contributed by atoms with Gasteiger partial charge in [0.05, 0.1) is 0 Å². The van der Waals surface area contributed by atoms with E-state index in [9.17, 15) is 4.79 Å². The first kappa shape index (κ1) is 23.0. The summed E-state index contributed by atoms with van der Waals surface area (Å²) in [7, 11) is 2.29. The van der Waals surface area contributed by atoms with E-state index < -0.39 is 0 Å². The topological polar surface area (TPSA) is 35.6 Å². The summed E-state index contributed by atoms with van der Waals surface area (Å²) in [5.41, 5.74) is 4.67. The van der Waals surface area contributed by atoms with E-state index in [1.165, 1.54) is 31.2 Å². The van der Waals surface area contributed by atoms with Gasteiger partial charge in [0, 0.05) is 30.2 Å². The van der Waals surface area contributed by atoms with Gasteiger partial charge in [0.25, 0.3) is 0 Å².